The molecule has 0 amide bonds. The van der Waals surface area contributed by atoms with Crippen molar-refractivity contribution in [3.05, 3.63) is 59.9 Å². The minimum atomic E-state index is -4.27. The van der Waals surface area contributed by atoms with Gasteiger partial charge in [-0.05, 0) is 25.1 Å². The van der Waals surface area contributed by atoms with Gasteiger partial charge in [-0.25, -0.2) is 13.4 Å². The first-order valence-corrected chi connectivity index (χ1v) is 6.73. The van der Waals surface area contributed by atoms with Gasteiger partial charge in [0.2, 0.25) is 0 Å². The van der Waals surface area contributed by atoms with Gasteiger partial charge in [0.25, 0.3) is 0 Å². The molecule has 2 rings (SSSR count). The van der Waals surface area contributed by atoms with Gasteiger partial charge in [0.1, 0.15) is 21.8 Å². The monoisotopic (exact) mass is 276 g/mol. The molecule has 1 N–H and O–H groups in total. The summed E-state index contributed by atoms with van der Waals surface area (Å²) >= 11 is 0. The van der Waals surface area contributed by atoms with Crippen LogP contribution in [-0.4, -0.2) is 13.0 Å². The van der Waals surface area contributed by atoms with E-state index in [0.29, 0.717) is 5.56 Å². The first-order valence-electron chi connectivity index (χ1n) is 5.32. The summed E-state index contributed by atoms with van der Waals surface area (Å²) in [5.41, 5.74) is 1.59. The number of nitrogens with zero attached hydrogens (tertiary/aromatic N) is 1. The van der Waals surface area contributed by atoms with Gasteiger partial charge in [-0.2, -0.15) is 5.26 Å². The maximum Gasteiger partial charge on any atom is 0.184 e. The van der Waals surface area contributed by atoms with Crippen molar-refractivity contribution in [3.8, 4) is 6.07 Å². The van der Waals surface area contributed by atoms with E-state index in [1.165, 1.54) is 12.1 Å². The molecule has 5 nitrogen and oxygen atoms in total. The van der Waals surface area contributed by atoms with Crippen LogP contribution in [0.2, 0.25) is 0 Å². The fraction of sp³-hybridized carbons (Fsp3) is 0.0769. The van der Waals surface area contributed by atoms with Crippen LogP contribution in [0.3, 0.4) is 0 Å². The van der Waals surface area contributed by atoms with E-state index in [0.717, 1.165) is 5.56 Å². The van der Waals surface area contributed by atoms with Gasteiger partial charge in [0.05, 0.1) is 4.90 Å². The van der Waals surface area contributed by atoms with Gasteiger partial charge in [0.15, 0.2) is 12.4 Å². The van der Waals surface area contributed by atoms with E-state index in [4.69, 9.17) is 5.26 Å². The third-order valence-electron chi connectivity index (χ3n) is 2.15. The first-order chi connectivity index (χ1) is 8.93. The minimum Gasteiger partial charge on any atom is -0.744 e. The molecule has 19 heavy (non-hydrogen) atoms. The zero-order valence-corrected chi connectivity index (χ0v) is 11.0. The Labute approximate surface area is 111 Å². The number of nitrogens with one attached hydrogen (secondary N) is 1. The van der Waals surface area contributed by atoms with Crippen LogP contribution in [0.25, 0.3) is 0 Å². The Hall–Kier alpha value is -2.23. The summed E-state index contributed by atoms with van der Waals surface area (Å²) in [5, 5.41) is 8.27. The Kier molecular flexibility index (Phi) is 5.18. The highest BCUT2D eigenvalue weighted by Gasteiger charge is 1.97. The van der Waals surface area contributed by atoms with Gasteiger partial charge in [-0.15, -0.1) is 0 Å². The second-order valence-electron chi connectivity index (χ2n) is 3.67. The van der Waals surface area contributed by atoms with E-state index >= 15 is 0 Å². The molecule has 0 spiro atoms. The molecule has 0 saturated heterocycles. The van der Waals surface area contributed by atoms with Gasteiger partial charge in [0, 0.05) is 6.07 Å². The minimum absolute atomic E-state index is 0.178. The summed E-state index contributed by atoms with van der Waals surface area (Å²) in [4.78, 5) is 2.61. The molecule has 0 fully saturated rings. The number of aromatic amines is 1. The molecule has 1 aromatic heterocycles. The van der Waals surface area contributed by atoms with Crippen LogP contribution < -0.4 is 4.98 Å². The van der Waals surface area contributed by atoms with Gasteiger partial charge < -0.3 is 4.55 Å². The van der Waals surface area contributed by atoms with Crippen LogP contribution in [0.5, 0.6) is 0 Å². The Balaban J connectivity index is 0.000000200. The summed E-state index contributed by atoms with van der Waals surface area (Å²) in [5.74, 6) is 0. The quantitative estimate of drug-likeness (QED) is 0.733. The Morgan fingerprint density at radius 2 is 1.84 bits per heavy atom. The maximum absolute atomic E-state index is 10.4. The number of pyridine rings is 1. The molecule has 0 radical (unpaired) electrons. The van der Waals surface area contributed by atoms with E-state index < -0.39 is 10.1 Å². The average molecular weight is 276 g/mol. The highest BCUT2D eigenvalue weighted by molar-refractivity contribution is 7.85. The molecule has 0 aliphatic heterocycles. The largest absolute Gasteiger partial charge is 0.744 e. The summed E-state index contributed by atoms with van der Waals surface area (Å²) in [7, 11) is -4.27. The van der Waals surface area contributed by atoms with Crippen molar-refractivity contribution in [1.82, 2.24) is 0 Å². The average Bonchev–Trinajstić information content (AvgIpc) is 2.40. The molecule has 0 aliphatic carbocycles. The smallest absolute Gasteiger partial charge is 0.184 e. The number of aryl methyl sites for hydroxylation is 1. The first kappa shape index (κ1) is 14.8. The molecule has 2 aromatic rings. The van der Waals surface area contributed by atoms with Crippen molar-refractivity contribution >= 4 is 10.1 Å². The third kappa shape index (κ3) is 5.29. The van der Waals surface area contributed by atoms with Crippen molar-refractivity contribution in [3.63, 3.8) is 0 Å². The summed E-state index contributed by atoms with van der Waals surface area (Å²) in [6, 6.07) is 11.3. The van der Waals surface area contributed by atoms with Gasteiger partial charge >= 0.3 is 0 Å². The second-order valence-corrected chi connectivity index (χ2v) is 5.05. The standard InChI is InChI=1S/C7H8O3S.C6H4N2/c1-6-2-4-7(5-3-6)11(8,9)10;7-4-6-2-1-3-8-5-6/h2-5H,1H3,(H,8,9,10);1-3,5H. The Morgan fingerprint density at radius 3 is 2.21 bits per heavy atom. The summed E-state index contributed by atoms with van der Waals surface area (Å²) in [6.07, 6.45) is 3.42. The number of benzene rings is 1. The van der Waals surface area contributed by atoms with E-state index in [9.17, 15) is 13.0 Å². The number of hydrogen-bond acceptors (Lipinski definition) is 4. The van der Waals surface area contributed by atoms with Crippen LogP contribution in [0.1, 0.15) is 11.1 Å². The number of aromatic nitrogens is 1. The number of nitriles is 1. The molecule has 6 heteroatoms. The van der Waals surface area contributed by atoms with E-state index in [-0.39, 0.29) is 4.90 Å². The lowest BCUT2D eigenvalue weighted by atomic mass is 10.2. The summed E-state index contributed by atoms with van der Waals surface area (Å²) in [6.45, 7) is 1.82. The molecular formula is C13H12N2O3S. The second kappa shape index (κ2) is 6.64. The predicted octanol–water partition coefficient (Wildman–Crippen LogP) is 1.27. The van der Waals surface area contributed by atoms with E-state index in [1.807, 2.05) is 13.0 Å². The zero-order chi connectivity index (χ0) is 14.3. The van der Waals surface area contributed by atoms with Gasteiger partial charge in [-0.1, -0.05) is 17.7 Å². The SMILES string of the molecule is Cc1ccc(S(=O)(=O)[O-])cc1.N#Cc1ccc[nH+]c1. The Morgan fingerprint density at radius 1 is 1.21 bits per heavy atom. The molecule has 0 unspecified atom stereocenters. The van der Waals surface area contributed by atoms with Crippen molar-refractivity contribution in [2.75, 3.05) is 0 Å². The highest BCUT2D eigenvalue weighted by atomic mass is 32.2. The normalized spacial score (nSPS) is 9.95. The van der Waals surface area contributed by atoms with E-state index in [2.05, 4.69) is 4.98 Å². The molecule has 1 heterocycles. The van der Waals surface area contributed by atoms with Crippen molar-refractivity contribution < 1.29 is 18.0 Å². The summed E-state index contributed by atoms with van der Waals surface area (Å²) < 4.78 is 31.2. The van der Waals surface area contributed by atoms with Crippen LogP contribution in [-0.2, 0) is 10.1 Å². The van der Waals surface area contributed by atoms with Crippen molar-refractivity contribution in [1.29, 1.82) is 5.26 Å². The molecule has 0 aliphatic rings. The fourth-order valence-electron chi connectivity index (χ4n) is 1.17. The maximum atomic E-state index is 10.4. The van der Waals surface area contributed by atoms with Crippen LogP contribution in [0.15, 0.2) is 53.7 Å². The number of H-pyrrole nitrogens is 1. The lowest BCUT2D eigenvalue weighted by Crippen LogP contribution is -1.97. The lowest BCUT2D eigenvalue weighted by Gasteiger charge is -2.05. The molecule has 0 saturated carbocycles. The number of hydrogen-bond donors (Lipinski definition) is 0. The van der Waals surface area contributed by atoms with E-state index in [1.54, 1.807) is 36.7 Å². The topological polar surface area (TPSA) is 95.1 Å². The molecule has 0 bridgehead atoms. The van der Waals surface area contributed by atoms with Gasteiger partial charge in [-0.3, -0.25) is 0 Å². The zero-order valence-electron chi connectivity index (χ0n) is 10.2. The molecular weight excluding hydrogens is 264 g/mol. The molecule has 0 atom stereocenters. The van der Waals surface area contributed by atoms with Crippen molar-refractivity contribution in [2.45, 2.75) is 11.8 Å². The predicted molar refractivity (Wildman–Crippen MR) is 66.9 cm³/mol. The fourth-order valence-corrected chi connectivity index (χ4v) is 1.64. The number of rotatable bonds is 1. The molecule has 1 aromatic carbocycles. The highest BCUT2D eigenvalue weighted by Crippen LogP contribution is 2.08. The Bertz CT molecular complexity index is 659. The van der Waals surface area contributed by atoms with Crippen LogP contribution in [0, 0.1) is 18.3 Å². The lowest BCUT2D eigenvalue weighted by molar-refractivity contribution is -0.378. The molecule has 98 valence electrons. The third-order valence-corrected chi connectivity index (χ3v) is 3.00. The van der Waals surface area contributed by atoms with Crippen molar-refractivity contribution in [2.24, 2.45) is 0 Å². The van der Waals surface area contributed by atoms with Crippen LogP contribution >= 0.6 is 0 Å². The van der Waals surface area contributed by atoms with Crippen LogP contribution in [0.4, 0.5) is 0 Å².